The summed E-state index contributed by atoms with van der Waals surface area (Å²) in [6.07, 6.45) is 5.40. The highest BCUT2D eigenvalue weighted by atomic mass is 32.1. The maximum absolute atomic E-state index is 10.5. The van der Waals surface area contributed by atoms with Crippen molar-refractivity contribution in [2.75, 3.05) is 6.54 Å². The van der Waals surface area contributed by atoms with Gasteiger partial charge in [-0.25, -0.2) is 4.98 Å². The summed E-state index contributed by atoms with van der Waals surface area (Å²) in [6.45, 7) is 2.80. The standard InChI is InChI=1S/C16H22N2OS/c1-12(17-11-16(19)9-5-2-6-10-16)15-18-13-7-3-4-8-14(13)20-15/h3-4,7-8,12,17,19H,2,5-6,9-11H2,1H3. The van der Waals surface area contributed by atoms with Crippen LogP contribution in [0.25, 0.3) is 10.2 Å². The molecule has 2 N–H and O–H groups in total. The van der Waals surface area contributed by atoms with Gasteiger partial charge in [0.15, 0.2) is 0 Å². The average molecular weight is 290 g/mol. The zero-order valence-electron chi connectivity index (χ0n) is 11.9. The summed E-state index contributed by atoms with van der Waals surface area (Å²) in [7, 11) is 0. The minimum absolute atomic E-state index is 0.193. The second-order valence-corrected chi connectivity index (χ2v) is 6.97. The molecule has 0 spiro atoms. The van der Waals surface area contributed by atoms with Gasteiger partial charge in [0.1, 0.15) is 5.01 Å². The molecule has 3 rings (SSSR count). The van der Waals surface area contributed by atoms with Crippen molar-refractivity contribution in [3.8, 4) is 0 Å². The number of aromatic nitrogens is 1. The van der Waals surface area contributed by atoms with Crippen molar-refractivity contribution in [1.82, 2.24) is 10.3 Å². The SMILES string of the molecule is CC(NCC1(O)CCCCC1)c1nc2ccccc2s1. The predicted octanol–water partition coefficient (Wildman–Crippen LogP) is 3.64. The zero-order chi connectivity index (χ0) is 14.0. The van der Waals surface area contributed by atoms with Crippen LogP contribution in [-0.4, -0.2) is 22.2 Å². The Kier molecular flexibility index (Phi) is 4.06. The van der Waals surface area contributed by atoms with Crippen LogP contribution in [0.2, 0.25) is 0 Å². The van der Waals surface area contributed by atoms with Gasteiger partial charge < -0.3 is 10.4 Å². The first-order valence-electron chi connectivity index (χ1n) is 7.48. The Labute approximate surface area is 124 Å². The van der Waals surface area contributed by atoms with E-state index in [1.807, 2.05) is 12.1 Å². The van der Waals surface area contributed by atoms with Crippen molar-refractivity contribution in [2.24, 2.45) is 0 Å². The molecule has 1 aliphatic rings. The van der Waals surface area contributed by atoms with Crippen molar-refractivity contribution in [3.63, 3.8) is 0 Å². The van der Waals surface area contributed by atoms with E-state index in [0.29, 0.717) is 6.54 Å². The molecule has 0 radical (unpaired) electrons. The smallest absolute Gasteiger partial charge is 0.111 e. The molecule has 0 aliphatic heterocycles. The number of nitrogens with one attached hydrogen (secondary N) is 1. The molecule has 1 heterocycles. The van der Waals surface area contributed by atoms with Gasteiger partial charge in [0.2, 0.25) is 0 Å². The van der Waals surface area contributed by atoms with E-state index >= 15 is 0 Å². The second kappa shape index (κ2) is 5.80. The normalized spacial score (nSPS) is 20.1. The summed E-state index contributed by atoms with van der Waals surface area (Å²) in [5.74, 6) is 0. The number of benzene rings is 1. The topological polar surface area (TPSA) is 45.1 Å². The van der Waals surface area contributed by atoms with Gasteiger partial charge in [-0.15, -0.1) is 11.3 Å². The van der Waals surface area contributed by atoms with E-state index in [1.165, 1.54) is 11.1 Å². The molecular weight excluding hydrogens is 268 g/mol. The molecule has 4 heteroatoms. The lowest BCUT2D eigenvalue weighted by Crippen LogP contribution is -2.42. The number of aliphatic hydroxyl groups is 1. The molecule has 1 atom stereocenters. The fourth-order valence-corrected chi connectivity index (χ4v) is 3.89. The van der Waals surface area contributed by atoms with Gasteiger partial charge >= 0.3 is 0 Å². The lowest BCUT2D eigenvalue weighted by atomic mass is 9.85. The van der Waals surface area contributed by atoms with E-state index in [2.05, 4.69) is 29.4 Å². The van der Waals surface area contributed by atoms with Crippen LogP contribution >= 0.6 is 11.3 Å². The summed E-state index contributed by atoms with van der Waals surface area (Å²) in [6, 6.07) is 8.43. The Morgan fingerprint density at radius 1 is 1.30 bits per heavy atom. The molecule has 3 nitrogen and oxygen atoms in total. The maximum atomic E-state index is 10.5. The van der Waals surface area contributed by atoms with Crippen LogP contribution in [0.3, 0.4) is 0 Å². The number of thiazole rings is 1. The first-order chi connectivity index (χ1) is 9.66. The molecule has 1 aliphatic carbocycles. The molecule has 0 amide bonds. The number of para-hydroxylation sites is 1. The minimum atomic E-state index is -0.511. The van der Waals surface area contributed by atoms with Gasteiger partial charge in [-0.3, -0.25) is 0 Å². The Morgan fingerprint density at radius 3 is 2.80 bits per heavy atom. The third-order valence-electron chi connectivity index (χ3n) is 4.20. The first-order valence-corrected chi connectivity index (χ1v) is 8.29. The van der Waals surface area contributed by atoms with Gasteiger partial charge in [-0.05, 0) is 31.9 Å². The lowest BCUT2D eigenvalue weighted by molar-refractivity contribution is 0.00300. The first kappa shape index (κ1) is 14.0. The van der Waals surface area contributed by atoms with Gasteiger partial charge in [0, 0.05) is 6.54 Å². The number of fused-ring (bicyclic) bond motifs is 1. The maximum Gasteiger partial charge on any atom is 0.111 e. The average Bonchev–Trinajstić information content (AvgIpc) is 2.89. The molecule has 2 aromatic rings. The van der Waals surface area contributed by atoms with E-state index in [1.54, 1.807) is 11.3 Å². The van der Waals surface area contributed by atoms with E-state index in [-0.39, 0.29) is 6.04 Å². The third-order valence-corrected chi connectivity index (χ3v) is 5.42. The number of hydrogen-bond acceptors (Lipinski definition) is 4. The molecule has 1 unspecified atom stereocenters. The monoisotopic (exact) mass is 290 g/mol. The molecule has 1 saturated carbocycles. The van der Waals surface area contributed by atoms with E-state index < -0.39 is 5.60 Å². The van der Waals surface area contributed by atoms with Crippen molar-refractivity contribution in [2.45, 2.75) is 50.7 Å². The summed E-state index contributed by atoms with van der Waals surface area (Å²) in [5, 5.41) is 15.1. The van der Waals surface area contributed by atoms with Crippen molar-refractivity contribution < 1.29 is 5.11 Å². The van der Waals surface area contributed by atoms with Crippen LogP contribution < -0.4 is 5.32 Å². The molecular formula is C16H22N2OS. The van der Waals surface area contributed by atoms with E-state index in [0.717, 1.165) is 36.2 Å². The largest absolute Gasteiger partial charge is 0.389 e. The summed E-state index contributed by atoms with van der Waals surface area (Å²) in [5.41, 5.74) is 0.556. The van der Waals surface area contributed by atoms with E-state index in [9.17, 15) is 5.11 Å². The Hall–Kier alpha value is -0.970. The zero-order valence-corrected chi connectivity index (χ0v) is 12.7. The predicted molar refractivity (Wildman–Crippen MR) is 84.1 cm³/mol. The highest BCUT2D eigenvalue weighted by Gasteiger charge is 2.29. The molecule has 1 fully saturated rings. The quantitative estimate of drug-likeness (QED) is 0.903. The van der Waals surface area contributed by atoms with Crippen molar-refractivity contribution >= 4 is 21.6 Å². The fourth-order valence-electron chi connectivity index (χ4n) is 2.89. The lowest BCUT2D eigenvalue weighted by Gasteiger charge is -2.33. The number of nitrogens with zero attached hydrogens (tertiary/aromatic N) is 1. The molecule has 108 valence electrons. The Bertz CT molecular complexity index is 542. The van der Waals surface area contributed by atoms with Crippen molar-refractivity contribution in [1.29, 1.82) is 0 Å². The number of hydrogen-bond donors (Lipinski definition) is 2. The highest BCUT2D eigenvalue weighted by Crippen LogP contribution is 2.29. The van der Waals surface area contributed by atoms with Crippen molar-refractivity contribution in [3.05, 3.63) is 29.3 Å². The van der Waals surface area contributed by atoms with Crippen LogP contribution in [0.1, 0.15) is 50.1 Å². The fraction of sp³-hybridized carbons (Fsp3) is 0.562. The summed E-state index contributed by atoms with van der Waals surface area (Å²) < 4.78 is 1.23. The minimum Gasteiger partial charge on any atom is -0.389 e. The van der Waals surface area contributed by atoms with Crippen LogP contribution in [0.15, 0.2) is 24.3 Å². The summed E-state index contributed by atoms with van der Waals surface area (Å²) >= 11 is 1.74. The van der Waals surface area contributed by atoms with Gasteiger partial charge in [-0.2, -0.15) is 0 Å². The Morgan fingerprint density at radius 2 is 2.05 bits per heavy atom. The molecule has 0 bridgehead atoms. The molecule has 0 saturated heterocycles. The third kappa shape index (κ3) is 3.03. The molecule has 1 aromatic carbocycles. The van der Waals surface area contributed by atoms with Gasteiger partial charge in [0.05, 0.1) is 21.9 Å². The van der Waals surface area contributed by atoms with Crippen LogP contribution in [-0.2, 0) is 0 Å². The Balaban J connectivity index is 1.65. The highest BCUT2D eigenvalue weighted by molar-refractivity contribution is 7.18. The van der Waals surface area contributed by atoms with Gasteiger partial charge in [-0.1, -0.05) is 31.4 Å². The second-order valence-electron chi connectivity index (χ2n) is 5.91. The van der Waals surface area contributed by atoms with Crippen LogP contribution in [0.5, 0.6) is 0 Å². The van der Waals surface area contributed by atoms with E-state index in [4.69, 9.17) is 0 Å². The van der Waals surface area contributed by atoms with Crippen LogP contribution in [0, 0.1) is 0 Å². The molecule has 20 heavy (non-hydrogen) atoms. The van der Waals surface area contributed by atoms with Crippen LogP contribution in [0.4, 0.5) is 0 Å². The van der Waals surface area contributed by atoms with Gasteiger partial charge in [0.25, 0.3) is 0 Å². The number of rotatable bonds is 4. The summed E-state index contributed by atoms with van der Waals surface area (Å²) in [4.78, 5) is 4.67. The molecule has 1 aromatic heterocycles.